The zero-order chi connectivity index (χ0) is 25.7. The molecule has 1 fully saturated rings. The van der Waals surface area contributed by atoms with Gasteiger partial charge in [0.15, 0.2) is 0 Å². The Morgan fingerprint density at radius 1 is 1.00 bits per heavy atom. The zero-order valence-electron chi connectivity index (χ0n) is 21.0. The molecular weight excluding hydrogens is 458 g/mol. The standard InChI is InChI=1S/C28H35N3O5/c1-28(2,3)36-27(34)31-23-15-14-22(17-23)30(31)18-25(32)24(16-20-10-6-4-7-11-20)29-26(33)35-19-21-12-8-5-9-13-21/h4-15,22-25,32H,16-19H2,1-3H3,(H,29,33)/t22?,23?,24-,25?/m0/s1. The maximum atomic E-state index is 13.0. The van der Waals surface area contributed by atoms with Crippen molar-refractivity contribution in [2.45, 2.75) is 70.1 Å². The van der Waals surface area contributed by atoms with E-state index in [1.807, 2.05) is 98.6 Å². The van der Waals surface area contributed by atoms with E-state index in [-0.39, 0.29) is 25.2 Å². The van der Waals surface area contributed by atoms with E-state index in [0.29, 0.717) is 6.42 Å². The van der Waals surface area contributed by atoms with Crippen LogP contribution in [0.5, 0.6) is 0 Å². The van der Waals surface area contributed by atoms with Gasteiger partial charge in [0.2, 0.25) is 0 Å². The van der Waals surface area contributed by atoms with Gasteiger partial charge >= 0.3 is 12.2 Å². The molecule has 2 aliphatic rings. The lowest BCUT2D eigenvalue weighted by Gasteiger charge is -2.38. The highest BCUT2D eigenvalue weighted by Crippen LogP contribution is 2.34. The van der Waals surface area contributed by atoms with Gasteiger partial charge in [0.05, 0.1) is 24.2 Å². The molecule has 4 atom stereocenters. The summed E-state index contributed by atoms with van der Waals surface area (Å²) in [6.45, 7) is 5.77. The van der Waals surface area contributed by atoms with E-state index >= 15 is 0 Å². The number of aliphatic hydroxyl groups excluding tert-OH is 1. The van der Waals surface area contributed by atoms with Crippen LogP contribution >= 0.6 is 0 Å². The maximum Gasteiger partial charge on any atom is 0.425 e. The van der Waals surface area contributed by atoms with Crippen LogP contribution in [0.15, 0.2) is 72.8 Å². The van der Waals surface area contributed by atoms with Crippen LogP contribution in [0.2, 0.25) is 0 Å². The summed E-state index contributed by atoms with van der Waals surface area (Å²) in [6.07, 6.45) is 3.19. The van der Waals surface area contributed by atoms with E-state index in [4.69, 9.17) is 9.47 Å². The summed E-state index contributed by atoms with van der Waals surface area (Å²) in [5, 5.41) is 17.6. The number of rotatable bonds is 8. The van der Waals surface area contributed by atoms with Crippen LogP contribution in [-0.2, 0) is 22.5 Å². The van der Waals surface area contributed by atoms with Crippen LogP contribution in [-0.4, -0.2) is 63.7 Å². The molecule has 2 amide bonds. The molecule has 1 aliphatic heterocycles. The van der Waals surface area contributed by atoms with Crippen molar-refractivity contribution >= 4 is 12.2 Å². The molecule has 0 spiro atoms. The van der Waals surface area contributed by atoms with Crippen molar-refractivity contribution in [3.8, 4) is 0 Å². The molecule has 2 N–H and O–H groups in total. The molecule has 1 aliphatic carbocycles. The van der Waals surface area contributed by atoms with Gasteiger partial charge in [-0.1, -0.05) is 72.8 Å². The van der Waals surface area contributed by atoms with Crippen LogP contribution in [0.4, 0.5) is 9.59 Å². The Hall–Kier alpha value is -3.36. The summed E-state index contributed by atoms with van der Waals surface area (Å²) < 4.78 is 11.0. The van der Waals surface area contributed by atoms with Crippen LogP contribution in [0.1, 0.15) is 38.3 Å². The van der Waals surface area contributed by atoms with Gasteiger partial charge in [-0.2, -0.15) is 0 Å². The van der Waals surface area contributed by atoms with Crippen LogP contribution in [0.25, 0.3) is 0 Å². The Morgan fingerprint density at radius 2 is 1.61 bits per heavy atom. The Balaban J connectivity index is 1.45. The van der Waals surface area contributed by atoms with E-state index in [2.05, 4.69) is 5.32 Å². The number of amides is 2. The molecule has 0 radical (unpaired) electrons. The molecule has 0 aromatic heterocycles. The number of carbonyl (C=O) groups is 2. The second kappa shape index (κ2) is 11.1. The molecule has 3 unspecified atom stereocenters. The third-order valence-corrected chi connectivity index (χ3v) is 6.25. The van der Waals surface area contributed by atoms with Crippen LogP contribution in [0, 0.1) is 0 Å². The minimum absolute atomic E-state index is 0.0143. The van der Waals surface area contributed by atoms with E-state index in [1.165, 1.54) is 0 Å². The highest BCUT2D eigenvalue weighted by Gasteiger charge is 2.46. The van der Waals surface area contributed by atoms with Crippen molar-refractivity contribution < 1.29 is 24.2 Å². The van der Waals surface area contributed by atoms with Gasteiger partial charge < -0.3 is 19.9 Å². The molecule has 192 valence electrons. The first-order chi connectivity index (χ1) is 17.2. The Bertz CT molecular complexity index is 1050. The minimum atomic E-state index is -0.966. The highest BCUT2D eigenvalue weighted by atomic mass is 16.6. The zero-order valence-corrected chi connectivity index (χ0v) is 21.0. The normalized spacial score (nSPS) is 20.7. The van der Waals surface area contributed by atoms with Gasteiger partial charge in [0.1, 0.15) is 12.2 Å². The lowest BCUT2D eigenvalue weighted by molar-refractivity contribution is -0.0644. The van der Waals surface area contributed by atoms with Crippen LogP contribution < -0.4 is 5.32 Å². The van der Waals surface area contributed by atoms with Crippen molar-refractivity contribution in [3.05, 3.63) is 83.9 Å². The molecule has 2 aromatic carbocycles. The largest absolute Gasteiger partial charge is 0.445 e. The number of hydrazine groups is 1. The van der Waals surface area contributed by atoms with Crippen molar-refractivity contribution in [3.63, 3.8) is 0 Å². The average molecular weight is 494 g/mol. The lowest BCUT2D eigenvalue weighted by Crippen LogP contribution is -2.56. The smallest absolute Gasteiger partial charge is 0.425 e. The number of benzene rings is 2. The quantitative estimate of drug-likeness (QED) is 0.539. The van der Waals surface area contributed by atoms with Gasteiger partial charge in [-0.15, -0.1) is 0 Å². The van der Waals surface area contributed by atoms with Gasteiger partial charge in [-0.25, -0.2) is 19.6 Å². The maximum absolute atomic E-state index is 13.0. The van der Waals surface area contributed by atoms with Gasteiger partial charge in [-0.05, 0) is 44.7 Å². The van der Waals surface area contributed by atoms with Crippen molar-refractivity contribution in [2.75, 3.05) is 6.54 Å². The summed E-state index contributed by atoms with van der Waals surface area (Å²) in [6, 6.07) is 18.3. The molecule has 8 nitrogen and oxygen atoms in total. The van der Waals surface area contributed by atoms with Crippen molar-refractivity contribution in [1.29, 1.82) is 0 Å². The van der Waals surface area contributed by atoms with E-state index < -0.39 is 29.9 Å². The number of β-amino-alcohol motifs (C(OH)–C–C–N with tert-alkyl or cyclic N) is 1. The number of aliphatic hydroxyl groups is 1. The number of nitrogens with one attached hydrogen (secondary N) is 1. The summed E-state index contributed by atoms with van der Waals surface area (Å²) in [4.78, 5) is 25.6. The summed E-state index contributed by atoms with van der Waals surface area (Å²) >= 11 is 0. The van der Waals surface area contributed by atoms with Gasteiger partial charge in [0.25, 0.3) is 0 Å². The summed E-state index contributed by atoms with van der Waals surface area (Å²) in [5.74, 6) is 0. The number of alkyl carbamates (subject to hydrolysis) is 1. The van der Waals surface area contributed by atoms with Crippen molar-refractivity contribution in [2.24, 2.45) is 0 Å². The molecule has 36 heavy (non-hydrogen) atoms. The highest BCUT2D eigenvalue weighted by molar-refractivity contribution is 5.69. The number of nitrogens with zero attached hydrogens (tertiary/aromatic N) is 2. The lowest BCUT2D eigenvalue weighted by atomic mass is 10.0. The van der Waals surface area contributed by atoms with Gasteiger partial charge in [-0.3, -0.25) is 0 Å². The third kappa shape index (κ3) is 6.65. The van der Waals surface area contributed by atoms with Crippen molar-refractivity contribution in [1.82, 2.24) is 15.3 Å². The molecule has 1 saturated heterocycles. The molecule has 2 aromatic rings. The Kier molecular flexibility index (Phi) is 7.96. The predicted octanol–water partition coefficient (Wildman–Crippen LogP) is 4.05. The fraction of sp³-hybridized carbons (Fsp3) is 0.429. The number of carbonyl (C=O) groups excluding carboxylic acids is 2. The Labute approximate surface area is 212 Å². The number of hydrogen-bond acceptors (Lipinski definition) is 6. The number of fused-ring (bicyclic) bond motifs is 2. The molecular formula is C28H35N3O5. The average Bonchev–Trinajstić information content (AvgIpc) is 3.44. The number of ether oxygens (including phenoxy) is 2. The molecule has 4 rings (SSSR count). The molecule has 8 heteroatoms. The molecule has 2 bridgehead atoms. The molecule has 1 heterocycles. The fourth-order valence-electron chi connectivity index (χ4n) is 4.57. The van der Waals surface area contributed by atoms with Crippen LogP contribution in [0.3, 0.4) is 0 Å². The summed E-state index contributed by atoms with van der Waals surface area (Å²) in [5.41, 5.74) is 1.21. The van der Waals surface area contributed by atoms with Gasteiger partial charge in [0, 0.05) is 6.54 Å². The minimum Gasteiger partial charge on any atom is -0.445 e. The van der Waals surface area contributed by atoms with E-state index in [1.54, 1.807) is 5.01 Å². The van der Waals surface area contributed by atoms with E-state index in [9.17, 15) is 14.7 Å². The third-order valence-electron chi connectivity index (χ3n) is 6.25. The first-order valence-electron chi connectivity index (χ1n) is 12.4. The summed E-state index contributed by atoms with van der Waals surface area (Å²) in [7, 11) is 0. The SMILES string of the molecule is CC(C)(C)OC(=O)N1C2C=CC(C2)N1CC(O)[C@H](Cc1ccccc1)NC(=O)OCc1ccccc1. The fourth-order valence-corrected chi connectivity index (χ4v) is 4.57. The predicted molar refractivity (Wildman–Crippen MR) is 136 cm³/mol. The number of hydrogen-bond donors (Lipinski definition) is 2. The van der Waals surface area contributed by atoms with E-state index in [0.717, 1.165) is 17.5 Å². The second-order valence-electron chi connectivity index (χ2n) is 10.3. The monoisotopic (exact) mass is 493 g/mol. The second-order valence-corrected chi connectivity index (χ2v) is 10.3. The topological polar surface area (TPSA) is 91.3 Å². The Morgan fingerprint density at radius 3 is 2.25 bits per heavy atom. The molecule has 0 saturated carbocycles. The first kappa shape index (κ1) is 25.7. The first-order valence-corrected chi connectivity index (χ1v) is 12.4.